The topological polar surface area (TPSA) is 87.3 Å². The Balaban J connectivity index is 1.42. The molecule has 0 spiro atoms. The maximum absolute atomic E-state index is 12.1. The van der Waals surface area contributed by atoms with Crippen molar-refractivity contribution in [2.24, 2.45) is 5.92 Å². The molecule has 1 aliphatic rings. The summed E-state index contributed by atoms with van der Waals surface area (Å²) in [7, 11) is 0. The molecule has 0 aliphatic heterocycles. The summed E-state index contributed by atoms with van der Waals surface area (Å²) in [5.41, 5.74) is 2.43. The average Bonchev–Trinajstić information content (AvgIpc) is 3.51. The zero-order valence-electron chi connectivity index (χ0n) is 15.7. The maximum atomic E-state index is 12.1. The minimum Gasteiger partial charge on any atom is -0.351 e. The van der Waals surface area contributed by atoms with Gasteiger partial charge in [-0.1, -0.05) is 12.1 Å². The Labute approximate surface area is 168 Å². The Morgan fingerprint density at radius 3 is 2.43 bits per heavy atom. The summed E-state index contributed by atoms with van der Waals surface area (Å²) in [4.78, 5) is 35.9. The molecular weight excluding hydrogens is 374 g/mol. The molecule has 2 aromatic rings. The van der Waals surface area contributed by atoms with E-state index in [1.54, 1.807) is 0 Å². The third-order valence-corrected chi connectivity index (χ3v) is 5.19. The lowest BCUT2D eigenvalue weighted by Crippen LogP contribution is -2.24. The van der Waals surface area contributed by atoms with Gasteiger partial charge in [-0.3, -0.25) is 14.4 Å². The fourth-order valence-electron chi connectivity index (χ4n) is 2.59. The molecule has 0 saturated heterocycles. The van der Waals surface area contributed by atoms with Gasteiger partial charge in [-0.15, -0.1) is 11.8 Å². The molecule has 0 atom stereocenters. The molecule has 3 rings (SSSR count). The van der Waals surface area contributed by atoms with Crippen molar-refractivity contribution in [3.05, 3.63) is 54.1 Å². The highest BCUT2D eigenvalue weighted by Gasteiger charge is 2.29. The van der Waals surface area contributed by atoms with Crippen LogP contribution in [0.4, 0.5) is 11.4 Å². The first-order valence-electron chi connectivity index (χ1n) is 9.16. The lowest BCUT2D eigenvalue weighted by atomic mass is 10.2. The van der Waals surface area contributed by atoms with Crippen molar-refractivity contribution in [2.45, 2.75) is 31.2 Å². The van der Waals surface area contributed by atoms with Crippen LogP contribution in [-0.2, 0) is 20.9 Å². The van der Waals surface area contributed by atoms with Gasteiger partial charge in [0.15, 0.2) is 0 Å². The highest BCUT2D eigenvalue weighted by molar-refractivity contribution is 8.00. The molecule has 6 nitrogen and oxygen atoms in total. The molecule has 28 heavy (non-hydrogen) atoms. The third-order valence-electron chi connectivity index (χ3n) is 4.18. The second-order valence-corrected chi connectivity index (χ2v) is 7.78. The Hall–Kier alpha value is -2.80. The van der Waals surface area contributed by atoms with Gasteiger partial charge in [0.05, 0.1) is 5.75 Å². The van der Waals surface area contributed by atoms with E-state index in [-0.39, 0.29) is 23.6 Å². The van der Waals surface area contributed by atoms with E-state index in [9.17, 15) is 14.4 Å². The zero-order chi connectivity index (χ0) is 19.9. The SMILES string of the molecule is CC(=O)Nc1ccc(SCC(=O)NCc2cccc(NC(=O)C3CC3)c2)cc1. The van der Waals surface area contributed by atoms with Crippen molar-refractivity contribution in [2.75, 3.05) is 16.4 Å². The van der Waals surface area contributed by atoms with Crippen molar-refractivity contribution in [1.82, 2.24) is 5.32 Å². The van der Waals surface area contributed by atoms with Crippen LogP contribution >= 0.6 is 11.8 Å². The zero-order valence-corrected chi connectivity index (χ0v) is 16.5. The van der Waals surface area contributed by atoms with Crippen molar-refractivity contribution in [3.8, 4) is 0 Å². The standard InChI is InChI=1S/C21H23N3O3S/c1-14(25)23-17-7-9-19(10-8-17)28-13-20(26)22-12-15-3-2-4-18(11-15)24-21(27)16-5-6-16/h2-4,7-11,16H,5-6,12-13H2,1H3,(H,22,26)(H,23,25)(H,24,27). The fourth-order valence-corrected chi connectivity index (χ4v) is 3.32. The predicted octanol–water partition coefficient (Wildman–Crippen LogP) is 3.40. The number of amides is 3. The largest absolute Gasteiger partial charge is 0.351 e. The minimum absolute atomic E-state index is 0.0663. The summed E-state index contributed by atoms with van der Waals surface area (Å²) in [6, 6.07) is 14.9. The van der Waals surface area contributed by atoms with Crippen LogP contribution in [0.2, 0.25) is 0 Å². The lowest BCUT2D eigenvalue weighted by Gasteiger charge is -2.09. The number of hydrogen-bond acceptors (Lipinski definition) is 4. The van der Waals surface area contributed by atoms with E-state index in [2.05, 4.69) is 16.0 Å². The normalized spacial score (nSPS) is 12.9. The van der Waals surface area contributed by atoms with Gasteiger partial charge in [-0.2, -0.15) is 0 Å². The molecule has 0 heterocycles. The van der Waals surface area contributed by atoms with E-state index in [0.29, 0.717) is 12.3 Å². The molecule has 0 radical (unpaired) electrons. The van der Waals surface area contributed by atoms with Crippen LogP contribution in [0.3, 0.4) is 0 Å². The van der Waals surface area contributed by atoms with Gasteiger partial charge >= 0.3 is 0 Å². The number of thioether (sulfide) groups is 1. The lowest BCUT2D eigenvalue weighted by molar-refractivity contribution is -0.119. The minimum atomic E-state index is -0.115. The van der Waals surface area contributed by atoms with Crippen LogP contribution in [-0.4, -0.2) is 23.5 Å². The third kappa shape index (κ3) is 6.42. The highest BCUT2D eigenvalue weighted by atomic mass is 32.2. The van der Waals surface area contributed by atoms with E-state index in [1.165, 1.54) is 18.7 Å². The Bertz CT molecular complexity index is 863. The summed E-state index contributed by atoms with van der Waals surface area (Å²) < 4.78 is 0. The summed E-state index contributed by atoms with van der Waals surface area (Å²) >= 11 is 1.43. The van der Waals surface area contributed by atoms with Gasteiger partial charge in [-0.05, 0) is 54.8 Å². The van der Waals surface area contributed by atoms with Gasteiger partial charge in [0, 0.05) is 35.7 Å². The molecular formula is C21H23N3O3S. The molecule has 1 fully saturated rings. The van der Waals surface area contributed by atoms with Crippen molar-refractivity contribution >= 4 is 40.9 Å². The summed E-state index contributed by atoms with van der Waals surface area (Å²) in [6.45, 7) is 1.87. The fraction of sp³-hybridized carbons (Fsp3) is 0.286. The molecule has 3 amide bonds. The van der Waals surface area contributed by atoms with Crippen LogP contribution in [0, 0.1) is 5.92 Å². The van der Waals surface area contributed by atoms with E-state index in [1.807, 2.05) is 48.5 Å². The number of nitrogens with one attached hydrogen (secondary N) is 3. The molecule has 3 N–H and O–H groups in total. The number of hydrogen-bond donors (Lipinski definition) is 3. The van der Waals surface area contributed by atoms with Crippen LogP contribution in [0.25, 0.3) is 0 Å². The summed E-state index contributed by atoms with van der Waals surface area (Å²) in [5.74, 6) is 0.353. The number of rotatable bonds is 8. The van der Waals surface area contributed by atoms with Crippen LogP contribution < -0.4 is 16.0 Å². The Morgan fingerprint density at radius 1 is 1.00 bits per heavy atom. The van der Waals surface area contributed by atoms with Gasteiger partial charge in [0.25, 0.3) is 0 Å². The Morgan fingerprint density at radius 2 is 1.75 bits per heavy atom. The number of benzene rings is 2. The van der Waals surface area contributed by atoms with Crippen LogP contribution in [0.1, 0.15) is 25.3 Å². The molecule has 2 aromatic carbocycles. The van der Waals surface area contributed by atoms with E-state index in [4.69, 9.17) is 0 Å². The van der Waals surface area contributed by atoms with Crippen molar-refractivity contribution in [1.29, 1.82) is 0 Å². The molecule has 0 aromatic heterocycles. The Kier molecular flexibility index (Phi) is 6.71. The van der Waals surface area contributed by atoms with Gasteiger partial charge in [0.1, 0.15) is 0 Å². The molecule has 1 saturated carbocycles. The second-order valence-electron chi connectivity index (χ2n) is 6.73. The first-order valence-corrected chi connectivity index (χ1v) is 10.1. The van der Waals surface area contributed by atoms with Crippen LogP contribution in [0.5, 0.6) is 0 Å². The summed E-state index contributed by atoms with van der Waals surface area (Å²) in [5, 5.41) is 8.51. The second kappa shape index (κ2) is 9.41. The smallest absolute Gasteiger partial charge is 0.230 e. The number of carbonyl (C=O) groups excluding carboxylic acids is 3. The number of carbonyl (C=O) groups is 3. The molecule has 7 heteroatoms. The number of anilines is 2. The molecule has 1 aliphatic carbocycles. The molecule has 146 valence electrons. The first kappa shape index (κ1) is 19.9. The van der Waals surface area contributed by atoms with E-state index < -0.39 is 0 Å². The molecule has 0 unspecified atom stereocenters. The molecule has 0 bridgehead atoms. The monoisotopic (exact) mass is 397 g/mol. The maximum Gasteiger partial charge on any atom is 0.230 e. The van der Waals surface area contributed by atoms with Gasteiger partial charge in [-0.25, -0.2) is 0 Å². The average molecular weight is 398 g/mol. The van der Waals surface area contributed by atoms with Crippen LogP contribution in [0.15, 0.2) is 53.4 Å². The van der Waals surface area contributed by atoms with E-state index in [0.717, 1.165) is 34.7 Å². The quantitative estimate of drug-likeness (QED) is 0.596. The predicted molar refractivity (Wildman–Crippen MR) is 111 cm³/mol. The van der Waals surface area contributed by atoms with Gasteiger partial charge in [0.2, 0.25) is 17.7 Å². The van der Waals surface area contributed by atoms with Gasteiger partial charge < -0.3 is 16.0 Å². The highest BCUT2D eigenvalue weighted by Crippen LogP contribution is 2.30. The van der Waals surface area contributed by atoms with E-state index >= 15 is 0 Å². The van der Waals surface area contributed by atoms with Crippen molar-refractivity contribution in [3.63, 3.8) is 0 Å². The van der Waals surface area contributed by atoms with Crippen molar-refractivity contribution < 1.29 is 14.4 Å². The summed E-state index contributed by atoms with van der Waals surface area (Å²) in [6.07, 6.45) is 1.93. The first-order chi connectivity index (χ1) is 13.5.